The van der Waals surface area contributed by atoms with Crippen LogP contribution in [-0.2, 0) is 0 Å². The predicted octanol–water partition coefficient (Wildman–Crippen LogP) is 17.8. The number of aliphatic hydroxyl groups excluding tert-OH is 4. The SMILES string of the molecule is CCN(CC)CC(O)CCC(=O)c1ccc(C#Cc2c(N)ncc3c(C)cc(C)cc23)cc1.CCN(CC)CC(O)CCC(=O)c1ccc(C#Cc2c(N)ncc3cc(Cl)c(Cl)cc23)cc1.CCN(CC)CC(O)CCC(=O)c1ccc(C#Cc2c(N)ncc3cc(OC)c(OC)cc23)cc1.CCN(CC)CC(O)CCC(=O)c1ccc(C#Cc2c(N)ncc3ccc(C)cc23)cc1. The maximum absolute atomic E-state index is 12.6. The van der Waals surface area contributed by atoms with E-state index in [1.165, 1.54) is 0 Å². The van der Waals surface area contributed by atoms with E-state index in [1.54, 1.807) is 112 Å². The topological polar surface area (TPSA) is 336 Å². The van der Waals surface area contributed by atoms with Crippen LogP contribution in [-0.4, -0.2) is 200 Å². The molecule has 0 fully saturated rings. The van der Waals surface area contributed by atoms with Gasteiger partial charge in [-0.1, -0.05) is 204 Å². The van der Waals surface area contributed by atoms with Gasteiger partial charge in [0.25, 0.3) is 0 Å². The highest BCUT2D eigenvalue weighted by Crippen LogP contribution is 2.36. The lowest BCUT2D eigenvalue weighted by molar-refractivity contribution is 0.0874. The molecule has 4 aromatic heterocycles. The molecule has 0 radical (unpaired) electrons. The minimum atomic E-state index is -0.512. The number of nitrogens with zero attached hydrogens (tertiary/aromatic N) is 8. The summed E-state index contributed by atoms with van der Waals surface area (Å²) in [7, 11) is 3.16. The molecule has 0 spiro atoms. The van der Waals surface area contributed by atoms with E-state index in [0.29, 0.717) is 161 Å². The molecule has 133 heavy (non-hydrogen) atoms. The number of methoxy groups -OCH3 is 2. The standard InChI is InChI=1S/C28H33N3O4.C28H33N3O2.C27H31N3O2.C26H27Cl2N3O2/c1-5-31(6-2)18-22(32)12-14-25(33)20-10-7-19(8-11-20)9-13-23-24-16-27(35-4)26(34-3)15-21(24)17-30-28(23)29;1-5-31(6-2)18-23(32)12-14-27(33)22-10-7-21(8-11-22)9-13-24-25-16-19(3)15-20(4)26(25)17-30-28(24)29;1-4-30(5-2)18-23(31)13-15-26(32)21-11-7-20(8-12-21)9-14-24-25-16-19(3)6-10-22(25)17-29-27(24)28;1-3-31(4-2)16-20(32)10-12-25(33)18-8-5-17(6-9-18)7-11-21-22-14-24(28)23(27)13-19(22)15-30-26(21)29/h7-8,10-11,15-17,22,32H,5-6,12,14,18H2,1-4H3,(H2,29,30);7-8,10-11,15-17,23,32H,5-6,12,14,18H2,1-4H3,(H2,29,30);6-8,10-12,16-17,23,31H,4-5,13,15,18H2,1-3H3,(H2,28,29);5-6,8-9,13-15,20,32H,3-4,10,12,16H2,1-2H3,(H2,29,30). The number of benzene rings is 8. The summed E-state index contributed by atoms with van der Waals surface area (Å²) < 4.78 is 10.8. The van der Waals surface area contributed by atoms with Crippen LogP contribution in [0.2, 0.25) is 10.0 Å². The van der Waals surface area contributed by atoms with Gasteiger partial charge in [0.1, 0.15) is 23.3 Å². The van der Waals surface area contributed by atoms with Crippen molar-refractivity contribution >= 4 is 113 Å². The second-order valence-corrected chi connectivity index (χ2v) is 33.4. The summed E-state index contributed by atoms with van der Waals surface area (Å²) in [4.78, 5) is 75.7. The predicted molar refractivity (Wildman–Crippen MR) is 541 cm³/mol. The Morgan fingerprint density at radius 2 is 0.609 bits per heavy atom. The molecule has 8 aromatic carbocycles. The van der Waals surface area contributed by atoms with Gasteiger partial charge in [0.05, 0.1) is 70.9 Å². The van der Waals surface area contributed by atoms with Crippen LogP contribution < -0.4 is 32.4 Å². The van der Waals surface area contributed by atoms with Crippen molar-refractivity contribution in [3.05, 3.63) is 270 Å². The van der Waals surface area contributed by atoms with E-state index in [2.05, 4.69) is 174 Å². The van der Waals surface area contributed by atoms with Crippen LogP contribution >= 0.6 is 23.2 Å². The molecule has 4 atom stereocenters. The van der Waals surface area contributed by atoms with Crippen molar-refractivity contribution in [2.45, 2.75) is 152 Å². The normalized spacial score (nSPS) is 11.9. The number of Topliss-reactive ketones (excluding diaryl/α,β-unsaturated/α-hetero) is 4. The fourth-order valence-electron chi connectivity index (χ4n) is 15.1. The summed E-state index contributed by atoms with van der Waals surface area (Å²) in [6.45, 7) is 32.1. The number of ketones is 4. The molecule has 0 amide bonds. The summed E-state index contributed by atoms with van der Waals surface area (Å²) in [5, 5.41) is 48.9. The minimum absolute atomic E-state index is 0.00197. The third-order valence-electron chi connectivity index (χ3n) is 23.3. The second-order valence-electron chi connectivity index (χ2n) is 32.6. The van der Waals surface area contributed by atoms with E-state index in [-0.39, 0.29) is 23.1 Å². The molecule has 0 bridgehead atoms. The van der Waals surface area contributed by atoms with Gasteiger partial charge in [-0.25, -0.2) is 19.9 Å². The van der Waals surface area contributed by atoms with Crippen LogP contribution in [0.25, 0.3) is 43.1 Å². The highest BCUT2D eigenvalue weighted by atomic mass is 35.5. The summed E-state index contributed by atoms with van der Waals surface area (Å²) in [6.07, 6.45) is 7.92. The van der Waals surface area contributed by atoms with Crippen LogP contribution in [0.4, 0.5) is 23.3 Å². The van der Waals surface area contributed by atoms with Crippen LogP contribution in [0, 0.1) is 68.1 Å². The van der Waals surface area contributed by atoms with Crippen molar-refractivity contribution in [3.63, 3.8) is 0 Å². The Balaban J connectivity index is 0.000000199. The second kappa shape index (κ2) is 52.0. The molecule has 4 unspecified atom stereocenters. The van der Waals surface area contributed by atoms with E-state index in [1.807, 2.05) is 67.6 Å². The number of carbonyl (C=O) groups excluding carboxylic acids is 4. The largest absolute Gasteiger partial charge is 0.493 e. The Morgan fingerprint density at radius 3 is 0.940 bits per heavy atom. The average Bonchev–Trinajstić information content (AvgIpc) is 0.813. The van der Waals surface area contributed by atoms with Crippen molar-refractivity contribution in [3.8, 4) is 58.9 Å². The van der Waals surface area contributed by atoms with Gasteiger partial charge < -0.3 is 72.4 Å². The van der Waals surface area contributed by atoms with Crippen molar-refractivity contribution in [1.82, 2.24) is 39.5 Å². The van der Waals surface area contributed by atoms with E-state index >= 15 is 0 Å². The number of rotatable bonds is 34. The van der Waals surface area contributed by atoms with Gasteiger partial charge in [-0.3, -0.25) is 19.2 Å². The number of pyridine rings is 4. The number of halogens is 2. The van der Waals surface area contributed by atoms with Gasteiger partial charge in [-0.15, -0.1) is 0 Å². The summed E-state index contributed by atoms with van der Waals surface area (Å²) in [5.74, 6) is 27.7. The van der Waals surface area contributed by atoms with Crippen molar-refractivity contribution in [2.24, 2.45) is 0 Å². The van der Waals surface area contributed by atoms with Gasteiger partial charge in [-0.05, 0) is 189 Å². The Hall–Kier alpha value is -12.6. The first-order valence-electron chi connectivity index (χ1n) is 45.3. The molecule has 22 nitrogen and oxygen atoms in total. The number of hydrogen-bond acceptors (Lipinski definition) is 22. The van der Waals surface area contributed by atoms with Gasteiger partial charge in [0.15, 0.2) is 34.6 Å². The summed E-state index contributed by atoms with van der Waals surface area (Å²) in [5.41, 5.74) is 36.0. The number of aromatic nitrogens is 4. The number of hydrogen-bond donors (Lipinski definition) is 8. The molecule has 12 N–H and O–H groups in total. The van der Waals surface area contributed by atoms with E-state index < -0.39 is 24.4 Å². The van der Waals surface area contributed by atoms with E-state index in [9.17, 15) is 39.6 Å². The first-order valence-corrected chi connectivity index (χ1v) is 46.1. The number of fused-ring (bicyclic) bond motifs is 4. The monoisotopic (exact) mass is 1830 g/mol. The van der Waals surface area contributed by atoms with Crippen molar-refractivity contribution < 1.29 is 49.1 Å². The summed E-state index contributed by atoms with van der Waals surface area (Å²) >= 11 is 12.3. The number of likely N-dealkylation sites (N-methyl/N-ethyl adjacent to an activating group) is 4. The van der Waals surface area contributed by atoms with Gasteiger partial charge >= 0.3 is 0 Å². The first-order chi connectivity index (χ1) is 63.9. The van der Waals surface area contributed by atoms with Gasteiger partial charge in [-0.2, -0.15) is 0 Å². The van der Waals surface area contributed by atoms with Crippen LogP contribution in [0.3, 0.4) is 0 Å². The van der Waals surface area contributed by atoms with Crippen molar-refractivity contribution in [2.75, 3.05) is 116 Å². The highest BCUT2D eigenvalue weighted by molar-refractivity contribution is 6.43. The average molecular weight is 1830 g/mol. The Kier molecular flexibility index (Phi) is 40.7. The van der Waals surface area contributed by atoms with E-state index in [0.717, 1.165) is 140 Å². The maximum Gasteiger partial charge on any atom is 0.162 e. The zero-order valence-corrected chi connectivity index (χ0v) is 80.1. The lowest BCUT2D eigenvalue weighted by atomic mass is 10.00. The highest BCUT2D eigenvalue weighted by Gasteiger charge is 2.21. The lowest BCUT2D eigenvalue weighted by Gasteiger charge is -2.21. The third kappa shape index (κ3) is 30.5. The molecule has 0 saturated carbocycles. The third-order valence-corrected chi connectivity index (χ3v) is 24.0. The molecular formula is C109H124Cl2N12O10. The Bertz CT molecular complexity index is 6270. The molecule has 0 aliphatic carbocycles. The quantitative estimate of drug-likeness (QED) is 0.0137. The van der Waals surface area contributed by atoms with Crippen LogP contribution in [0.1, 0.15) is 209 Å². The van der Waals surface area contributed by atoms with E-state index in [4.69, 9.17) is 55.6 Å². The molecule has 12 rings (SSSR count). The van der Waals surface area contributed by atoms with Gasteiger partial charge in [0.2, 0.25) is 0 Å². The number of aliphatic hydroxyl groups is 4. The molecular weight excluding hydrogens is 1710 g/mol. The molecule has 0 aliphatic rings. The number of nitrogen functional groups attached to an aromatic ring is 4. The fraction of sp³-hybridized carbons (Fsp3) is 0.339. The zero-order chi connectivity index (χ0) is 96.4. The molecule has 0 aliphatic heterocycles. The van der Waals surface area contributed by atoms with Crippen LogP contribution in [0.5, 0.6) is 11.5 Å². The van der Waals surface area contributed by atoms with Gasteiger partial charge in [0, 0.05) is 164 Å². The number of nitrogens with two attached hydrogens (primary N) is 4. The van der Waals surface area contributed by atoms with Crippen molar-refractivity contribution in [1.29, 1.82) is 0 Å². The molecule has 0 saturated heterocycles. The molecule has 24 heteroatoms. The smallest absolute Gasteiger partial charge is 0.162 e. The number of carbonyl (C=O) groups is 4. The first kappa shape index (κ1) is 104. The molecule has 12 aromatic rings. The lowest BCUT2D eigenvalue weighted by Crippen LogP contribution is -2.32. The number of aryl methyl sites for hydroxylation is 3. The Labute approximate surface area is 792 Å². The fourth-order valence-corrected chi connectivity index (χ4v) is 15.4. The number of ether oxygens (including phenoxy) is 2. The molecule has 694 valence electrons. The number of anilines is 4. The Morgan fingerprint density at radius 1 is 0.331 bits per heavy atom. The zero-order valence-electron chi connectivity index (χ0n) is 78.6. The summed E-state index contributed by atoms with van der Waals surface area (Å²) in [6, 6.07) is 46.3. The van der Waals surface area contributed by atoms with Crippen LogP contribution in [0.15, 0.2) is 176 Å². The maximum atomic E-state index is 12.6. The molecule has 4 heterocycles. The minimum Gasteiger partial charge on any atom is -0.493 e.